The molecule has 0 radical (unpaired) electrons. The van der Waals surface area contributed by atoms with Crippen LogP contribution in [0, 0.1) is 0 Å². The Morgan fingerprint density at radius 2 is 1.77 bits per heavy atom. The lowest BCUT2D eigenvalue weighted by atomic mass is 10.2. The van der Waals surface area contributed by atoms with Crippen LogP contribution in [0.1, 0.15) is 23.7 Å². The summed E-state index contributed by atoms with van der Waals surface area (Å²) in [7, 11) is -0.563. The van der Waals surface area contributed by atoms with Crippen molar-refractivity contribution in [3.05, 3.63) is 29.8 Å². The molecule has 7 nitrogen and oxygen atoms in total. The molecule has 0 fully saturated rings. The van der Waals surface area contributed by atoms with E-state index in [1.54, 1.807) is 19.1 Å². The normalized spacial score (nSPS) is 11.3. The average molecular weight is 328 g/mol. The molecule has 0 unspecified atom stereocenters. The van der Waals surface area contributed by atoms with Crippen LogP contribution in [-0.4, -0.2) is 51.1 Å². The molecule has 122 valence electrons. The number of anilines is 1. The highest BCUT2D eigenvalue weighted by Crippen LogP contribution is 2.11. The Morgan fingerprint density at radius 1 is 1.18 bits per heavy atom. The van der Waals surface area contributed by atoms with Crippen LogP contribution in [0.5, 0.6) is 0 Å². The van der Waals surface area contributed by atoms with E-state index in [0.29, 0.717) is 11.3 Å². The number of sulfonamides is 1. The monoisotopic (exact) mass is 328 g/mol. The predicted molar refractivity (Wildman–Crippen MR) is 83.1 cm³/mol. The molecule has 0 aliphatic heterocycles. The van der Waals surface area contributed by atoms with Crippen LogP contribution >= 0.6 is 0 Å². The fraction of sp³-hybridized carbons (Fsp3) is 0.429. The Morgan fingerprint density at radius 3 is 2.27 bits per heavy atom. The third-order valence-corrected chi connectivity index (χ3v) is 4.66. The van der Waals surface area contributed by atoms with Gasteiger partial charge in [-0.2, -0.15) is 0 Å². The molecule has 1 rings (SSSR count). The third kappa shape index (κ3) is 5.45. The van der Waals surface area contributed by atoms with Crippen molar-refractivity contribution >= 4 is 27.6 Å². The fourth-order valence-corrected chi connectivity index (χ4v) is 2.34. The van der Waals surface area contributed by atoms with E-state index in [2.05, 4.69) is 5.32 Å². The van der Waals surface area contributed by atoms with Crippen molar-refractivity contribution in [3.63, 3.8) is 0 Å². The van der Waals surface area contributed by atoms with Crippen LogP contribution in [0.3, 0.4) is 0 Å². The molecule has 22 heavy (non-hydrogen) atoms. The molecule has 0 saturated carbocycles. The van der Waals surface area contributed by atoms with Gasteiger partial charge in [-0.1, -0.05) is 0 Å². The second-order valence-corrected chi connectivity index (χ2v) is 7.00. The van der Waals surface area contributed by atoms with Gasteiger partial charge in [0, 0.05) is 26.2 Å². The highest BCUT2D eigenvalue weighted by atomic mass is 32.2. The Bertz CT molecular complexity index is 623. The van der Waals surface area contributed by atoms with Crippen molar-refractivity contribution in [2.75, 3.05) is 31.8 Å². The van der Waals surface area contributed by atoms with E-state index >= 15 is 0 Å². The molecule has 0 spiro atoms. The van der Waals surface area contributed by atoms with Gasteiger partial charge < -0.3 is 10.1 Å². The zero-order valence-electron chi connectivity index (χ0n) is 12.8. The van der Waals surface area contributed by atoms with E-state index in [4.69, 9.17) is 4.74 Å². The number of hydrogen-bond donors (Lipinski definition) is 1. The molecule has 1 N–H and O–H groups in total. The number of hydrogen-bond acceptors (Lipinski definition) is 5. The molecule has 0 aliphatic rings. The second-order valence-electron chi connectivity index (χ2n) is 4.69. The predicted octanol–water partition coefficient (Wildman–Crippen LogP) is 1.08. The smallest absolute Gasteiger partial charge is 0.338 e. The summed E-state index contributed by atoms with van der Waals surface area (Å²) in [6.07, 6.45) is -0.139. The molecular formula is C14H20N2O5S. The van der Waals surface area contributed by atoms with Crippen molar-refractivity contribution in [3.8, 4) is 0 Å². The lowest BCUT2D eigenvalue weighted by Gasteiger charge is -2.11. The van der Waals surface area contributed by atoms with Crippen LogP contribution in [0.25, 0.3) is 0 Å². The number of esters is 1. The Labute approximate surface area is 130 Å². The minimum absolute atomic E-state index is 0.139. The van der Waals surface area contributed by atoms with E-state index in [0.717, 1.165) is 4.31 Å². The molecular weight excluding hydrogens is 308 g/mol. The molecule has 0 atom stereocenters. The number of nitrogens with one attached hydrogen (secondary N) is 1. The standard InChI is InChI=1S/C14H20N2O5S/c1-4-21-14(18)11-5-7-12(8-6-11)15-13(17)9-10-22(19,20)16(2)3/h5-8H,4,9-10H2,1-3H3,(H,15,17). The first-order valence-corrected chi connectivity index (χ1v) is 8.34. The zero-order chi connectivity index (χ0) is 16.8. The maximum atomic E-state index is 11.7. The second kappa shape index (κ2) is 7.90. The van der Waals surface area contributed by atoms with Crippen LogP contribution in [-0.2, 0) is 19.6 Å². The van der Waals surface area contributed by atoms with Crippen LogP contribution in [0.2, 0.25) is 0 Å². The van der Waals surface area contributed by atoms with Crippen molar-refractivity contribution in [2.45, 2.75) is 13.3 Å². The zero-order valence-corrected chi connectivity index (χ0v) is 13.6. The van der Waals surface area contributed by atoms with E-state index in [9.17, 15) is 18.0 Å². The summed E-state index contributed by atoms with van der Waals surface area (Å²) in [6, 6.07) is 6.18. The van der Waals surface area contributed by atoms with Crippen molar-refractivity contribution < 1.29 is 22.7 Å². The molecule has 0 saturated heterocycles. The highest BCUT2D eigenvalue weighted by molar-refractivity contribution is 7.89. The number of carbonyl (C=O) groups is 2. The Hall–Kier alpha value is -1.93. The van der Waals surface area contributed by atoms with Gasteiger partial charge in [0.15, 0.2) is 0 Å². The van der Waals surface area contributed by atoms with Crippen LogP contribution in [0.15, 0.2) is 24.3 Å². The number of ether oxygens (including phenoxy) is 1. The van der Waals surface area contributed by atoms with Crippen molar-refractivity contribution in [1.29, 1.82) is 0 Å². The summed E-state index contributed by atoms with van der Waals surface area (Å²) >= 11 is 0. The number of rotatable bonds is 7. The molecule has 8 heteroatoms. The SMILES string of the molecule is CCOC(=O)c1ccc(NC(=O)CCS(=O)(=O)N(C)C)cc1. The van der Waals surface area contributed by atoms with Crippen LogP contribution in [0.4, 0.5) is 5.69 Å². The summed E-state index contributed by atoms with van der Waals surface area (Å²) < 4.78 is 29.1. The van der Waals surface area contributed by atoms with Gasteiger partial charge in [0.2, 0.25) is 15.9 Å². The van der Waals surface area contributed by atoms with Gasteiger partial charge in [0.05, 0.1) is 17.9 Å². The highest BCUT2D eigenvalue weighted by Gasteiger charge is 2.16. The molecule has 0 bridgehead atoms. The minimum atomic E-state index is -3.40. The summed E-state index contributed by atoms with van der Waals surface area (Å²) in [5.41, 5.74) is 0.871. The number of nitrogens with zero attached hydrogens (tertiary/aromatic N) is 1. The lowest BCUT2D eigenvalue weighted by Crippen LogP contribution is -2.27. The topological polar surface area (TPSA) is 92.8 Å². The van der Waals surface area contributed by atoms with E-state index in [1.807, 2.05) is 0 Å². The van der Waals surface area contributed by atoms with Crippen molar-refractivity contribution in [1.82, 2.24) is 4.31 Å². The Balaban J connectivity index is 2.57. The molecule has 0 heterocycles. The quantitative estimate of drug-likeness (QED) is 0.756. The fourth-order valence-electron chi connectivity index (χ4n) is 1.53. The Kier molecular flexibility index (Phi) is 6.51. The number of carbonyl (C=O) groups excluding carboxylic acids is 2. The van der Waals surface area contributed by atoms with Gasteiger partial charge in [-0.05, 0) is 31.2 Å². The first-order valence-electron chi connectivity index (χ1n) is 6.73. The summed E-state index contributed by atoms with van der Waals surface area (Å²) in [5, 5.41) is 2.58. The molecule has 1 aromatic carbocycles. The molecule has 0 aromatic heterocycles. The first kappa shape index (κ1) is 18.1. The van der Waals surface area contributed by atoms with E-state index < -0.39 is 21.9 Å². The third-order valence-electron chi connectivity index (χ3n) is 2.82. The van der Waals surface area contributed by atoms with E-state index in [1.165, 1.54) is 26.2 Å². The molecule has 1 aromatic rings. The van der Waals surface area contributed by atoms with Gasteiger partial charge >= 0.3 is 5.97 Å². The summed E-state index contributed by atoms with van der Waals surface area (Å²) in [5.74, 6) is -1.10. The number of benzene rings is 1. The summed E-state index contributed by atoms with van der Waals surface area (Å²) in [4.78, 5) is 23.2. The maximum absolute atomic E-state index is 11.7. The van der Waals surface area contributed by atoms with Gasteiger partial charge in [-0.3, -0.25) is 4.79 Å². The summed E-state index contributed by atoms with van der Waals surface area (Å²) in [6.45, 7) is 2.01. The molecule has 0 aliphatic carbocycles. The van der Waals surface area contributed by atoms with Gasteiger partial charge in [-0.15, -0.1) is 0 Å². The van der Waals surface area contributed by atoms with Gasteiger partial charge in [0.25, 0.3) is 0 Å². The van der Waals surface area contributed by atoms with E-state index in [-0.39, 0.29) is 18.8 Å². The minimum Gasteiger partial charge on any atom is -0.462 e. The lowest BCUT2D eigenvalue weighted by molar-refractivity contribution is -0.115. The largest absolute Gasteiger partial charge is 0.462 e. The van der Waals surface area contributed by atoms with Gasteiger partial charge in [0.1, 0.15) is 0 Å². The van der Waals surface area contributed by atoms with Crippen LogP contribution < -0.4 is 5.32 Å². The molecule has 1 amide bonds. The average Bonchev–Trinajstić information content (AvgIpc) is 2.46. The number of amides is 1. The first-order chi connectivity index (χ1) is 10.3. The van der Waals surface area contributed by atoms with Crippen molar-refractivity contribution in [2.24, 2.45) is 0 Å². The van der Waals surface area contributed by atoms with Gasteiger partial charge in [-0.25, -0.2) is 17.5 Å². The maximum Gasteiger partial charge on any atom is 0.338 e.